The number of carboxylic acids is 1. The Morgan fingerprint density at radius 1 is 1.44 bits per heavy atom. The number of hydrogen-bond acceptors (Lipinski definition) is 3. The highest BCUT2D eigenvalue weighted by molar-refractivity contribution is 5.80. The van der Waals surface area contributed by atoms with Crippen LogP contribution in [0.3, 0.4) is 0 Å². The van der Waals surface area contributed by atoms with Gasteiger partial charge in [-0.15, -0.1) is 0 Å². The van der Waals surface area contributed by atoms with Crippen LogP contribution < -0.4 is 0 Å². The monoisotopic (exact) mass is 229 g/mol. The van der Waals surface area contributed by atoms with E-state index in [1.165, 1.54) is 0 Å². The lowest BCUT2D eigenvalue weighted by Crippen LogP contribution is -2.37. The molecule has 92 valence electrons. The molecule has 0 aromatic carbocycles. The number of rotatable bonds is 6. The van der Waals surface area contributed by atoms with E-state index < -0.39 is 5.97 Å². The zero-order chi connectivity index (χ0) is 12.0. The number of carbonyl (C=O) groups excluding carboxylic acids is 1. The molecule has 0 aromatic heterocycles. The minimum atomic E-state index is -0.929. The summed E-state index contributed by atoms with van der Waals surface area (Å²) in [5.74, 6) is -1.03. The molecule has 1 saturated heterocycles. The summed E-state index contributed by atoms with van der Waals surface area (Å²) < 4.78 is 5.45. The molecule has 0 aliphatic carbocycles. The first kappa shape index (κ1) is 13.0. The largest absolute Gasteiger partial charge is 0.481 e. The van der Waals surface area contributed by atoms with Crippen molar-refractivity contribution >= 4 is 11.9 Å². The second-order valence-corrected chi connectivity index (χ2v) is 3.96. The number of aliphatic carboxylic acids is 1. The summed E-state index contributed by atoms with van der Waals surface area (Å²) in [4.78, 5) is 23.7. The first-order valence-corrected chi connectivity index (χ1v) is 5.74. The first-order valence-electron chi connectivity index (χ1n) is 5.74. The van der Waals surface area contributed by atoms with E-state index in [0.717, 1.165) is 19.4 Å². The summed E-state index contributed by atoms with van der Waals surface area (Å²) in [6.07, 6.45) is 2.15. The lowest BCUT2D eigenvalue weighted by molar-refractivity contribution is -0.141. The fourth-order valence-electron chi connectivity index (χ4n) is 1.81. The average molecular weight is 229 g/mol. The predicted molar refractivity (Wildman–Crippen MR) is 58.1 cm³/mol. The van der Waals surface area contributed by atoms with Crippen LogP contribution in [0.1, 0.15) is 32.6 Å². The molecule has 1 rings (SSSR count). The highest BCUT2D eigenvalue weighted by atomic mass is 16.5. The summed E-state index contributed by atoms with van der Waals surface area (Å²) >= 11 is 0. The molecule has 0 spiro atoms. The standard InChI is InChI=1S/C11H19NO4/c1-2-12(8-9-4-3-7-16-9)10(13)5-6-11(14)15/h9H,2-8H2,1H3,(H,14,15). The van der Waals surface area contributed by atoms with Crippen LogP contribution in [0.15, 0.2) is 0 Å². The molecule has 0 bridgehead atoms. The third-order valence-electron chi connectivity index (χ3n) is 2.74. The second-order valence-electron chi connectivity index (χ2n) is 3.96. The maximum atomic E-state index is 11.7. The predicted octanol–water partition coefficient (Wildman–Crippen LogP) is 0.879. The Balaban J connectivity index is 2.33. The summed E-state index contributed by atoms with van der Waals surface area (Å²) in [5.41, 5.74) is 0. The van der Waals surface area contributed by atoms with E-state index in [1.807, 2.05) is 6.92 Å². The van der Waals surface area contributed by atoms with Gasteiger partial charge in [0.1, 0.15) is 0 Å². The van der Waals surface area contributed by atoms with Crippen molar-refractivity contribution in [2.75, 3.05) is 19.7 Å². The van der Waals surface area contributed by atoms with Gasteiger partial charge in [-0.25, -0.2) is 0 Å². The van der Waals surface area contributed by atoms with Gasteiger partial charge in [0.2, 0.25) is 5.91 Å². The molecule has 1 atom stereocenters. The number of likely N-dealkylation sites (N-methyl/N-ethyl adjacent to an activating group) is 1. The van der Waals surface area contributed by atoms with E-state index in [0.29, 0.717) is 13.1 Å². The minimum Gasteiger partial charge on any atom is -0.481 e. The van der Waals surface area contributed by atoms with Gasteiger partial charge in [-0.2, -0.15) is 0 Å². The number of carboxylic acid groups (broad SMARTS) is 1. The van der Waals surface area contributed by atoms with Crippen molar-refractivity contribution < 1.29 is 19.4 Å². The van der Waals surface area contributed by atoms with Crippen LogP contribution >= 0.6 is 0 Å². The number of nitrogens with zero attached hydrogens (tertiary/aromatic N) is 1. The van der Waals surface area contributed by atoms with Gasteiger partial charge >= 0.3 is 5.97 Å². The van der Waals surface area contributed by atoms with Crippen molar-refractivity contribution in [3.8, 4) is 0 Å². The molecule has 16 heavy (non-hydrogen) atoms. The maximum absolute atomic E-state index is 11.7. The molecule has 1 heterocycles. The Morgan fingerprint density at radius 3 is 2.69 bits per heavy atom. The van der Waals surface area contributed by atoms with E-state index in [-0.39, 0.29) is 24.9 Å². The smallest absolute Gasteiger partial charge is 0.303 e. The molecule has 1 aliphatic rings. The van der Waals surface area contributed by atoms with E-state index >= 15 is 0 Å². The first-order chi connectivity index (χ1) is 7.63. The summed E-state index contributed by atoms with van der Waals surface area (Å²) in [6, 6.07) is 0. The molecule has 1 unspecified atom stereocenters. The Kier molecular flexibility index (Phi) is 5.25. The molecule has 1 aliphatic heterocycles. The fraction of sp³-hybridized carbons (Fsp3) is 0.818. The van der Waals surface area contributed by atoms with Gasteiger partial charge in [0.15, 0.2) is 0 Å². The van der Waals surface area contributed by atoms with Crippen LogP contribution in [0.5, 0.6) is 0 Å². The topological polar surface area (TPSA) is 66.8 Å². The normalized spacial score (nSPS) is 19.7. The van der Waals surface area contributed by atoms with Gasteiger partial charge in [-0.05, 0) is 19.8 Å². The van der Waals surface area contributed by atoms with E-state index in [1.54, 1.807) is 4.90 Å². The number of hydrogen-bond donors (Lipinski definition) is 1. The highest BCUT2D eigenvalue weighted by Gasteiger charge is 2.21. The molecule has 1 fully saturated rings. The summed E-state index contributed by atoms with van der Waals surface area (Å²) in [5, 5.41) is 8.51. The zero-order valence-electron chi connectivity index (χ0n) is 9.65. The van der Waals surface area contributed by atoms with Gasteiger partial charge in [-0.1, -0.05) is 0 Å². The summed E-state index contributed by atoms with van der Waals surface area (Å²) in [7, 11) is 0. The van der Waals surface area contributed by atoms with Gasteiger partial charge in [0.25, 0.3) is 0 Å². The molecule has 0 saturated carbocycles. The number of carbonyl (C=O) groups is 2. The third-order valence-corrected chi connectivity index (χ3v) is 2.74. The van der Waals surface area contributed by atoms with Crippen LogP contribution in [0.2, 0.25) is 0 Å². The van der Waals surface area contributed by atoms with Gasteiger partial charge in [0.05, 0.1) is 12.5 Å². The van der Waals surface area contributed by atoms with Crippen molar-refractivity contribution in [2.24, 2.45) is 0 Å². The van der Waals surface area contributed by atoms with Crippen LogP contribution in [0.25, 0.3) is 0 Å². The van der Waals surface area contributed by atoms with Crippen LogP contribution in [0, 0.1) is 0 Å². The Bertz CT molecular complexity index is 248. The molecule has 0 aromatic rings. The Labute approximate surface area is 95.4 Å². The van der Waals surface area contributed by atoms with Crippen molar-refractivity contribution in [3.63, 3.8) is 0 Å². The van der Waals surface area contributed by atoms with Gasteiger partial charge in [0, 0.05) is 26.1 Å². The van der Waals surface area contributed by atoms with Crippen molar-refractivity contribution in [1.82, 2.24) is 4.90 Å². The molecular weight excluding hydrogens is 210 g/mol. The van der Waals surface area contributed by atoms with E-state index in [2.05, 4.69) is 0 Å². The number of amides is 1. The Morgan fingerprint density at radius 2 is 2.19 bits per heavy atom. The summed E-state index contributed by atoms with van der Waals surface area (Å²) in [6.45, 7) is 3.87. The second kappa shape index (κ2) is 6.48. The molecule has 0 radical (unpaired) electrons. The average Bonchev–Trinajstić information content (AvgIpc) is 2.75. The highest BCUT2D eigenvalue weighted by Crippen LogP contribution is 2.14. The van der Waals surface area contributed by atoms with Crippen LogP contribution in [-0.2, 0) is 14.3 Å². The van der Waals surface area contributed by atoms with Crippen molar-refractivity contribution in [3.05, 3.63) is 0 Å². The van der Waals surface area contributed by atoms with Crippen molar-refractivity contribution in [1.29, 1.82) is 0 Å². The van der Waals surface area contributed by atoms with Gasteiger partial charge in [-0.3, -0.25) is 9.59 Å². The number of ether oxygens (including phenoxy) is 1. The molecular formula is C11H19NO4. The zero-order valence-corrected chi connectivity index (χ0v) is 9.65. The molecule has 5 nitrogen and oxygen atoms in total. The lowest BCUT2D eigenvalue weighted by Gasteiger charge is -2.23. The lowest BCUT2D eigenvalue weighted by atomic mass is 10.2. The third kappa shape index (κ3) is 4.18. The minimum absolute atomic E-state index is 0.0793. The Hall–Kier alpha value is -1.10. The van der Waals surface area contributed by atoms with E-state index in [4.69, 9.17) is 9.84 Å². The maximum Gasteiger partial charge on any atom is 0.303 e. The van der Waals surface area contributed by atoms with Gasteiger partial charge < -0.3 is 14.7 Å². The quantitative estimate of drug-likeness (QED) is 0.734. The van der Waals surface area contributed by atoms with E-state index in [9.17, 15) is 9.59 Å². The van der Waals surface area contributed by atoms with Crippen LogP contribution in [-0.4, -0.2) is 47.7 Å². The molecule has 1 N–H and O–H groups in total. The van der Waals surface area contributed by atoms with Crippen molar-refractivity contribution in [2.45, 2.75) is 38.7 Å². The SMILES string of the molecule is CCN(CC1CCCO1)C(=O)CCC(=O)O. The fourth-order valence-corrected chi connectivity index (χ4v) is 1.81. The molecule has 1 amide bonds. The van der Waals surface area contributed by atoms with Crippen LogP contribution in [0.4, 0.5) is 0 Å². The molecule has 5 heteroatoms.